The number of rotatable bonds is 7. The Labute approximate surface area is 217 Å². The number of carbonyl (C=O) groups excluding carboxylic acids is 1. The van der Waals surface area contributed by atoms with E-state index in [4.69, 9.17) is 12.2 Å². The minimum atomic E-state index is -0.234. The Balaban J connectivity index is 1.83. The molecule has 0 unspecified atom stereocenters. The van der Waals surface area contributed by atoms with E-state index >= 15 is 0 Å². The molecule has 7 nitrogen and oxygen atoms in total. The van der Waals surface area contributed by atoms with E-state index < -0.39 is 0 Å². The van der Waals surface area contributed by atoms with Crippen molar-refractivity contribution in [2.24, 2.45) is 0 Å². The molecular formula is C26H35N5O2S2. The minimum Gasteiger partial charge on any atom is -0.355 e. The molecule has 3 fully saturated rings. The minimum absolute atomic E-state index is 0.0436. The van der Waals surface area contributed by atoms with Gasteiger partial charge in [0.1, 0.15) is 21.8 Å². The number of hydrogen-bond acceptors (Lipinski definition) is 7. The first-order chi connectivity index (χ1) is 16.9. The third-order valence-electron chi connectivity index (χ3n) is 7.49. The molecule has 0 N–H and O–H groups in total. The van der Waals surface area contributed by atoms with Gasteiger partial charge in [-0.1, -0.05) is 57.1 Å². The van der Waals surface area contributed by atoms with E-state index in [1.165, 1.54) is 11.8 Å². The van der Waals surface area contributed by atoms with Crippen LogP contribution in [0, 0.1) is 18.3 Å². The van der Waals surface area contributed by atoms with Crippen molar-refractivity contribution >= 4 is 46.1 Å². The first-order valence-corrected chi connectivity index (χ1v) is 14.1. The quantitative estimate of drug-likeness (QED) is 0.401. The number of amides is 1. The number of carbonyl (C=O) groups is 1. The number of likely N-dealkylation sites (N-methyl/N-ethyl adjacent to an activating group) is 1. The summed E-state index contributed by atoms with van der Waals surface area (Å²) in [6, 6.07) is 2.33. The van der Waals surface area contributed by atoms with Crippen LogP contribution >= 0.6 is 24.0 Å². The van der Waals surface area contributed by atoms with Crippen molar-refractivity contribution in [3.63, 3.8) is 0 Å². The molecule has 3 aliphatic rings. The monoisotopic (exact) mass is 513 g/mol. The van der Waals surface area contributed by atoms with Crippen molar-refractivity contribution in [3.8, 4) is 6.07 Å². The highest BCUT2D eigenvalue weighted by atomic mass is 32.2. The summed E-state index contributed by atoms with van der Waals surface area (Å²) in [5.41, 5.74) is 1.37. The standard InChI is InChI=1S/C26H35N5O2S2/c1-4-6-11-30-23(29-14-12-28(5-2)13-15-29)20(18(3)21(17-27)24(30)32)16-22-25(33)31(26(34)35-22)19-9-7-8-10-19/h16,19H,4-15H2,1-3H3/b22-16-. The average molecular weight is 514 g/mol. The van der Waals surface area contributed by atoms with E-state index in [1.807, 2.05) is 13.0 Å². The molecule has 0 radical (unpaired) electrons. The zero-order chi connectivity index (χ0) is 25.1. The van der Waals surface area contributed by atoms with Crippen molar-refractivity contribution in [2.45, 2.75) is 71.9 Å². The van der Waals surface area contributed by atoms with Crippen LogP contribution in [0.4, 0.5) is 5.82 Å². The summed E-state index contributed by atoms with van der Waals surface area (Å²) in [5, 5.41) is 9.88. The fraction of sp³-hybridized carbons (Fsp3) is 0.615. The number of nitriles is 1. The number of nitrogens with zero attached hydrogens (tertiary/aromatic N) is 5. The maximum Gasteiger partial charge on any atom is 0.270 e. The summed E-state index contributed by atoms with van der Waals surface area (Å²) in [6.45, 7) is 11.1. The van der Waals surface area contributed by atoms with Crippen molar-refractivity contribution < 1.29 is 4.79 Å². The third-order valence-corrected chi connectivity index (χ3v) is 8.82. The van der Waals surface area contributed by atoms with Gasteiger partial charge in [0.05, 0.1) is 4.91 Å². The average Bonchev–Trinajstić information content (AvgIpc) is 3.48. The van der Waals surface area contributed by atoms with E-state index in [9.17, 15) is 14.9 Å². The normalized spacial score (nSPS) is 20.9. The molecule has 9 heteroatoms. The van der Waals surface area contributed by atoms with Gasteiger partial charge in [0, 0.05) is 44.3 Å². The molecule has 1 aromatic rings. The highest BCUT2D eigenvalue weighted by Crippen LogP contribution is 2.39. The van der Waals surface area contributed by atoms with E-state index in [1.54, 1.807) is 9.47 Å². The molecule has 35 heavy (non-hydrogen) atoms. The highest BCUT2D eigenvalue weighted by molar-refractivity contribution is 8.26. The van der Waals surface area contributed by atoms with Gasteiger partial charge in [-0.05, 0) is 44.4 Å². The molecule has 0 atom stereocenters. The van der Waals surface area contributed by atoms with Crippen LogP contribution in [0.3, 0.4) is 0 Å². The Hall–Kier alpha value is -2.15. The lowest BCUT2D eigenvalue weighted by Crippen LogP contribution is -2.48. The van der Waals surface area contributed by atoms with E-state index in [0.29, 0.717) is 21.3 Å². The Kier molecular flexibility index (Phi) is 8.35. The van der Waals surface area contributed by atoms with Crippen LogP contribution in [-0.4, -0.2) is 63.4 Å². The highest BCUT2D eigenvalue weighted by Gasteiger charge is 2.38. The van der Waals surface area contributed by atoms with Crippen molar-refractivity contribution in [1.29, 1.82) is 5.26 Å². The lowest BCUT2D eigenvalue weighted by molar-refractivity contribution is -0.123. The maximum absolute atomic E-state index is 13.5. The Morgan fingerprint density at radius 2 is 1.83 bits per heavy atom. The lowest BCUT2D eigenvalue weighted by Gasteiger charge is -2.37. The number of thiocarbonyl (C=S) groups is 1. The van der Waals surface area contributed by atoms with Crippen LogP contribution in [0.2, 0.25) is 0 Å². The van der Waals surface area contributed by atoms with Gasteiger partial charge >= 0.3 is 0 Å². The smallest absolute Gasteiger partial charge is 0.270 e. The van der Waals surface area contributed by atoms with Gasteiger partial charge in [-0.3, -0.25) is 19.1 Å². The molecule has 0 bridgehead atoms. The largest absolute Gasteiger partial charge is 0.355 e. The SMILES string of the molecule is CCCCn1c(N2CCN(CC)CC2)c(/C=C2\SC(=S)N(C3CCCC3)C2=O)c(C)c(C#N)c1=O. The summed E-state index contributed by atoms with van der Waals surface area (Å²) in [4.78, 5) is 33.9. The van der Waals surface area contributed by atoms with Crippen LogP contribution in [0.15, 0.2) is 9.70 Å². The molecule has 1 aliphatic carbocycles. The van der Waals surface area contributed by atoms with Crippen molar-refractivity contribution in [2.75, 3.05) is 37.6 Å². The molecule has 1 amide bonds. The lowest BCUT2D eigenvalue weighted by atomic mass is 10.0. The topological polar surface area (TPSA) is 72.6 Å². The van der Waals surface area contributed by atoms with Gasteiger partial charge < -0.3 is 9.80 Å². The predicted molar refractivity (Wildman–Crippen MR) is 147 cm³/mol. The Morgan fingerprint density at radius 3 is 2.43 bits per heavy atom. The maximum atomic E-state index is 13.5. The number of hydrogen-bond donors (Lipinski definition) is 0. The summed E-state index contributed by atoms with van der Waals surface area (Å²) in [6.07, 6.45) is 7.93. The number of anilines is 1. The first kappa shape index (κ1) is 25.9. The molecule has 2 aliphatic heterocycles. The molecule has 3 heterocycles. The molecule has 2 saturated heterocycles. The van der Waals surface area contributed by atoms with Gasteiger partial charge in [0.25, 0.3) is 11.5 Å². The summed E-state index contributed by atoms with van der Waals surface area (Å²) >= 11 is 6.97. The Morgan fingerprint density at radius 1 is 1.14 bits per heavy atom. The Bertz CT molecular complexity index is 1120. The van der Waals surface area contributed by atoms with Crippen molar-refractivity contribution in [1.82, 2.24) is 14.4 Å². The predicted octanol–water partition coefficient (Wildman–Crippen LogP) is 4.11. The molecular weight excluding hydrogens is 478 g/mol. The van der Waals surface area contributed by atoms with Gasteiger partial charge in [-0.15, -0.1) is 0 Å². The first-order valence-electron chi connectivity index (χ1n) is 12.8. The molecule has 1 saturated carbocycles. The second kappa shape index (κ2) is 11.3. The molecule has 0 aromatic carbocycles. The van der Waals surface area contributed by atoms with Gasteiger partial charge in [0.2, 0.25) is 0 Å². The second-order valence-electron chi connectivity index (χ2n) is 9.57. The van der Waals surface area contributed by atoms with Gasteiger partial charge in [-0.25, -0.2) is 0 Å². The molecule has 0 spiro atoms. The second-order valence-corrected chi connectivity index (χ2v) is 11.2. The summed E-state index contributed by atoms with van der Waals surface area (Å²) in [7, 11) is 0. The molecule has 4 rings (SSSR count). The number of piperazine rings is 1. The zero-order valence-corrected chi connectivity index (χ0v) is 22.6. The van der Waals surface area contributed by atoms with Gasteiger partial charge in [0.15, 0.2) is 0 Å². The van der Waals surface area contributed by atoms with Crippen LogP contribution in [0.1, 0.15) is 69.1 Å². The number of aromatic nitrogens is 1. The van der Waals surface area contributed by atoms with E-state index in [-0.39, 0.29) is 23.1 Å². The van der Waals surface area contributed by atoms with Crippen LogP contribution in [0.5, 0.6) is 0 Å². The summed E-state index contributed by atoms with van der Waals surface area (Å²) in [5.74, 6) is 0.791. The third kappa shape index (κ3) is 5.07. The van der Waals surface area contributed by atoms with E-state index in [2.05, 4.69) is 29.7 Å². The van der Waals surface area contributed by atoms with Crippen LogP contribution in [-0.2, 0) is 11.3 Å². The number of pyridine rings is 1. The van der Waals surface area contributed by atoms with E-state index in [0.717, 1.165) is 82.6 Å². The van der Waals surface area contributed by atoms with Crippen molar-refractivity contribution in [3.05, 3.63) is 31.9 Å². The van der Waals surface area contributed by atoms with Gasteiger partial charge in [-0.2, -0.15) is 5.26 Å². The molecule has 1 aromatic heterocycles. The van der Waals surface area contributed by atoms with Crippen LogP contribution in [0.25, 0.3) is 6.08 Å². The summed E-state index contributed by atoms with van der Waals surface area (Å²) < 4.78 is 2.39. The van der Waals surface area contributed by atoms with Crippen LogP contribution < -0.4 is 10.5 Å². The molecule has 188 valence electrons. The number of thioether (sulfide) groups is 1. The fourth-order valence-corrected chi connectivity index (χ4v) is 6.75. The number of unbranched alkanes of at least 4 members (excludes halogenated alkanes) is 1. The zero-order valence-electron chi connectivity index (χ0n) is 21.0. The fourth-order valence-electron chi connectivity index (χ4n) is 5.37.